The normalized spacial score (nSPS) is 18.7. The Labute approximate surface area is 98.3 Å². The number of hydrogen-bond acceptors (Lipinski definition) is 4. The summed E-state index contributed by atoms with van der Waals surface area (Å²) in [6, 6.07) is 3.65. The first-order valence-electron chi connectivity index (χ1n) is 4.67. The molecule has 1 N–H and O–H groups in total. The molecule has 0 fully saturated rings. The number of halogens is 1. The number of hydrogen-bond donors (Lipinski definition) is 1. The Morgan fingerprint density at radius 3 is 2.80 bits per heavy atom. The Hall–Kier alpha value is -0.740. The minimum Gasteiger partial charge on any atom is -0.320 e. The van der Waals surface area contributed by atoms with Crippen molar-refractivity contribution < 1.29 is 0 Å². The van der Waals surface area contributed by atoms with E-state index in [4.69, 9.17) is 11.6 Å². The van der Waals surface area contributed by atoms with E-state index in [0.717, 1.165) is 17.5 Å². The molecule has 0 spiro atoms. The van der Waals surface area contributed by atoms with E-state index in [9.17, 15) is 0 Å². The topological polar surface area (TPSA) is 37.3 Å². The lowest BCUT2D eigenvalue weighted by atomic mass is 10.2. The van der Waals surface area contributed by atoms with E-state index >= 15 is 0 Å². The fourth-order valence-electron chi connectivity index (χ4n) is 1.21. The molecule has 1 aromatic rings. The van der Waals surface area contributed by atoms with E-state index < -0.39 is 0 Å². The Morgan fingerprint density at radius 2 is 2.27 bits per heavy atom. The monoisotopic (exact) mass is 241 g/mol. The van der Waals surface area contributed by atoms with E-state index in [-0.39, 0.29) is 4.75 Å². The SMILES string of the molecule is CC1(C)CN=C(Nc2ccc(Cl)cn2)S1. The quantitative estimate of drug-likeness (QED) is 0.821. The van der Waals surface area contributed by atoms with Crippen LogP contribution in [0.4, 0.5) is 5.82 Å². The Kier molecular flexibility index (Phi) is 2.89. The zero-order chi connectivity index (χ0) is 10.9. The van der Waals surface area contributed by atoms with Crippen molar-refractivity contribution in [3.05, 3.63) is 23.4 Å². The molecule has 0 unspecified atom stereocenters. The number of amidine groups is 1. The van der Waals surface area contributed by atoms with Crippen LogP contribution in [-0.4, -0.2) is 21.4 Å². The highest BCUT2D eigenvalue weighted by Gasteiger charge is 2.27. The molecule has 2 heterocycles. The van der Waals surface area contributed by atoms with Crippen molar-refractivity contribution in [2.75, 3.05) is 11.9 Å². The van der Waals surface area contributed by atoms with Gasteiger partial charge in [-0.25, -0.2) is 4.98 Å². The van der Waals surface area contributed by atoms with Crippen LogP contribution in [0.3, 0.4) is 0 Å². The molecule has 1 aromatic heterocycles. The molecule has 80 valence electrons. The Morgan fingerprint density at radius 1 is 1.47 bits per heavy atom. The van der Waals surface area contributed by atoms with Gasteiger partial charge in [0.2, 0.25) is 0 Å². The van der Waals surface area contributed by atoms with Gasteiger partial charge >= 0.3 is 0 Å². The molecule has 5 heteroatoms. The van der Waals surface area contributed by atoms with Crippen LogP contribution in [0.15, 0.2) is 23.3 Å². The maximum atomic E-state index is 5.75. The first-order chi connectivity index (χ1) is 7.05. The summed E-state index contributed by atoms with van der Waals surface area (Å²) in [6.45, 7) is 5.18. The zero-order valence-electron chi connectivity index (χ0n) is 8.62. The van der Waals surface area contributed by atoms with Crippen LogP contribution in [0.1, 0.15) is 13.8 Å². The number of pyridine rings is 1. The minimum absolute atomic E-state index is 0.189. The third-order valence-corrected chi connectivity index (χ3v) is 3.27. The summed E-state index contributed by atoms with van der Waals surface area (Å²) in [5.74, 6) is 0.781. The van der Waals surface area contributed by atoms with E-state index in [1.165, 1.54) is 0 Å². The smallest absolute Gasteiger partial charge is 0.162 e. The van der Waals surface area contributed by atoms with Crippen LogP contribution < -0.4 is 5.32 Å². The molecule has 1 aliphatic heterocycles. The van der Waals surface area contributed by atoms with Crippen molar-refractivity contribution in [2.45, 2.75) is 18.6 Å². The van der Waals surface area contributed by atoms with Crippen LogP contribution in [-0.2, 0) is 0 Å². The highest BCUT2D eigenvalue weighted by atomic mass is 35.5. The van der Waals surface area contributed by atoms with E-state index in [1.807, 2.05) is 12.1 Å². The average molecular weight is 242 g/mol. The summed E-state index contributed by atoms with van der Waals surface area (Å²) in [5, 5.41) is 4.73. The summed E-state index contributed by atoms with van der Waals surface area (Å²) in [5.41, 5.74) is 0. The molecule has 2 rings (SSSR count). The largest absolute Gasteiger partial charge is 0.320 e. The first-order valence-corrected chi connectivity index (χ1v) is 5.87. The van der Waals surface area contributed by atoms with Gasteiger partial charge in [0.25, 0.3) is 0 Å². The molecule has 0 amide bonds. The molecule has 0 atom stereocenters. The van der Waals surface area contributed by atoms with E-state index in [0.29, 0.717) is 5.02 Å². The number of aromatic nitrogens is 1. The van der Waals surface area contributed by atoms with Crippen molar-refractivity contribution in [1.82, 2.24) is 4.98 Å². The fraction of sp³-hybridized carbons (Fsp3) is 0.400. The molecule has 0 aromatic carbocycles. The molecule has 3 nitrogen and oxygen atoms in total. The van der Waals surface area contributed by atoms with Crippen LogP contribution >= 0.6 is 23.4 Å². The molecule has 15 heavy (non-hydrogen) atoms. The third-order valence-electron chi connectivity index (χ3n) is 1.94. The lowest BCUT2D eigenvalue weighted by Gasteiger charge is -2.13. The van der Waals surface area contributed by atoms with Crippen LogP contribution in [0.5, 0.6) is 0 Å². The van der Waals surface area contributed by atoms with Crippen molar-refractivity contribution in [1.29, 1.82) is 0 Å². The Bertz CT molecular complexity index is 386. The second-order valence-corrected chi connectivity index (χ2v) is 6.10. The van der Waals surface area contributed by atoms with Crippen molar-refractivity contribution in [2.24, 2.45) is 4.99 Å². The van der Waals surface area contributed by atoms with Gasteiger partial charge in [-0.3, -0.25) is 4.99 Å². The molecule has 0 aliphatic carbocycles. The van der Waals surface area contributed by atoms with Gasteiger partial charge in [-0.2, -0.15) is 0 Å². The van der Waals surface area contributed by atoms with Crippen molar-refractivity contribution in [3.63, 3.8) is 0 Å². The molecule has 0 radical (unpaired) electrons. The number of nitrogens with one attached hydrogen (secondary N) is 1. The number of nitrogens with zero attached hydrogens (tertiary/aromatic N) is 2. The van der Waals surface area contributed by atoms with E-state index in [2.05, 4.69) is 29.1 Å². The number of anilines is 1. The minimum atomic E-state index is 0.189. The van der Waals surface area contributed by atoms with E-state index in [1.54, 1.807) is 18.0 Å². The Balaban J connectivity index is 2.02. The van der Waals surface area contributed by atoms with Gasteiger partial charge in [0, 0.05) is 10.9 Å². The summed E-state index contributed by atoms with van der Waals surface area (Å²) < 4.78 is 0.189. The highest BCUT2D eigenvalue weighted by molar-refractivity contribution is 8.15. The number of rotatable bonds is 1. The van der Waals surface area contributed by atoms with Gasteiger partial charge in [0.05, 0.1) is 11.6 Å². The van der Waals surface area contributed by atoms with Crippen LogP contribution in [0, 0.1) is 0 Å². The average Bonchev–Trinajstić information content (AvgIpc) is 2.50. The van der Waals surface area contributed by atoms with Crippen LogP contribution in [0.2, 0.25) is 5.02 Å². The maximum Gasteiger partial charge on any atom is 0.162 e. The highest BCUT2D eigenvalue weighted by Crippen LogP contribution is 2.31. The van der Waals surface area contributed by atoms with Crippen LogP contribution in [0.25, 0.3) is 0 Å². The summed E-state index contributed by atoms with van der Waals surface area (Å²) in [4.78, 5) is 8.55. The second-order valence-electron chi connectivity index (χ2n) is 3.97. The lowest BCUT2D eigenvalue weighted by molar-refractivity contribution is 0.741. The van der Waals surface area contributed by atoms with Gasteiger partial charge in [-0.15, -0.1) is 0 Å². The second kappa shape index (κ2) is 4.02. The molecular weight excluding hydrogens is 230 g/mol. The zero-order valence-corrected chi connectivity index (χ0v) is 10.2. The lowest BCUT2D eigenvalue weighted by Crippen LogP contribution is -2.16. The van der Waals surface area contributed by atoms with Gasteiger partial charge < -0.3 is 5.32 Å². The fourth-order valence-corrected chi connectivity index (χ4v) is 2.26. The predicted octanol–water partition coefficient (Wildman–Crippen LogP) is 3.03. The molecule has 0 saturated carbocycles. The molecule has 0 saturated heterocycles. The summed E-state index contributed by atoms with van der Waals surface area (Å²) in [7, 11) is 0. The number of thioether (sulfide) groups is 1. The molecule has 1 aliphatic rings. The van der Waals surface area contributed by atoms with Gasteiger partial charge in [0.15, 0.2) is 5.17 Å². The third kappa shape index (κ3) is 2.86. The summed E-state index contributed by atoms with van der Waals surface area (Å²) >= 11 is 7.48. The maximum absolute atomic E-state index is 5.75. The van der Waals surface area contributed by atoms with Crippen molar-refractivity contribution in [3.8, 4) is 0 Å². The van der Waals surface area contributed by atoms with Gasteiger partial charge in [0.1, 0.15) is 5.82 Å². The van der Waals surface area contributed by atoms with Gasteiger partial charge in [-0.1, -0.05) is 23.4 Å². The van der Waals surface area contributed by atoms with Gasteiger partial charge in [-0.05, 0) is 26.0 Å². The standard InChI is InChI=1S/C10H12ClN3S/c1-10(2)6-13-9(15-10)14-8-4-3-7(11)5-12-8/h3-5H,6H2,1-2H3,(H,12,13,14). The first kappa shape index (κ1) is 10.8. The molecule has 0 bridgehead atoms. The molecular formula is C10H12ClN3S. The number of aliphatic imine (C=N–C) groups is 1. The predicted molar refractivity (Wildman–Crippen MR) is 66.8 cm³/mol. The summed E-state index contributed by atoms with van der Waals surface area (Å²) in [6.07, 6.45) is 1.62. The van der Waals surface area contributed by atoms with Crippen molar-refractivity contribution >= 4 is 34.3 Å².